The molecule has 3 heteroatoms. The molecule has 0 aliphatic carbocycles. The van der Waals surface area contributed by atoms with Crippen molar-refractivity contribution < 1.29 is 13.9 Å². The molecule has 2 aromatic rings. The molecule has 0 unspecified atom stereocenters. The van der Waals surface area contributed by atoms with Gasteiger partial charge in [0.2, 0.25) is 0 Å². The minimum atomic E-state index is -0.508. The highest BCUT2D eigenvalue weighted by molar-refractivity contribution is 5.90. The molecule has 0 saturated carbocycles. The predicted octanol–water partition coefficient (Wildman–Crippen LogP) is 2.85. The average molecular weight is 215 g/mol. The van der Waals surface area contributed by atoms with Gasteiger partial charge in [0, 0.05) is 0 Å². The molecule has 0 saturated heterocycles. The van der Waals surface area contributed by atoms with Gasteiger partial charge >= 0.3 is 5.97 Å². The number of halogens is 1. The molecule has 0 bridgehead atoms. The molecule has 0 aromatic heterocycles. The summed E-state index contributed by atoms with van der Waals surface area (Å²) < 4.78 is 17.7. The van der Waals surface area contributed by atoms with E-state index in [0.29, 0.717) is 11.3 Å². The Hall–Kier alpha value is -2.16. The maximum Gasteiger partial charge on any atom is 0.343 e. The van der Waals surface area contributed by atoms with E-state index in [2.05, 4.69) is 6.07 Å². The Morgan fingerprint density at radius 2 is 1.69 bits per heavy atom. The lowest BCUT2D eigenvalue weighted by atomic mass is 10.2. The van der Waals surface area contributed by atoms with Crippen LogP contribution in [0.1, 0.15) is 10.4 Å². The zero-order valence-electron chi connectivity index (χ0n) is 8.31. The van der Waals surface area contributed by atoms with E-state index in [-0.39, 0.29) is 5.82 Å². The highest BCUT2D eigenvalue weighted by Crippen LogP contribution is 2.11. The van der Waals surface area contributed by atoms with Crippen LogP contribution in [0, 0.1) is 11.9 Å². The van der Waals surface area contributed by atoms with E-state index in [1.165, 1.54) is 24.3 Å². The Morgan fingerprint density at radius 1 is 1.06 bits per heavy atom. The van der Waals surface area contributed by atoms with Crippen molar-refractivity contribution in [2.45, 2.75) is 0 Å². The molecular weight excluding hydrogens is 207 g/mol. The van der Waals surface area contributed by atoms with E-state index in [4.69, 9.17) is 4.74 Å². The second kappa shape index (κ2) is 4.57. The van der Waals surface area contributed by atoms with Crippen LogP contribution < -0.4 is 4.74 Å². The van der Waals surface area contributed by atoms with Crippen molar-refractivity contribution in [3.63, 3.8) is 0 Å². The van der Waals surface area contributed by atoms with E-state index in [1.54, 1.807) is 24.3 Å². The molecule has 79 valence electrons. The third kappa shape index (κ3) is 2.45. The molecular formula is C13H8FO2. The zero-order chi connectivity index (χ0) is 11.4. The van der Waals surface area contributed by atoms with E-state index < -0.39 is 5.97 Å². The normalized spacial score (nSPS) is 9.81. The summed E-state index contributed by atoms with van der Waals surface area (Å²) in [5.74, 6) is -0.454. The van der Waals surface area contributed by atoms with Gasteiger partial charge in [-0.3, -0.25) is 0 Å². The molecule has 1 radical (unpaired) electrons. The molecule has 0 heterocycles. The summed E-state index contributed by atoms with van der Waals surface area (Å²) in [4.78, 5) is 11.6. The second-order valence-electron chi connectivity index (χ2n) is 3.13. The molecule has 2 aromatic carbocycles. The van der Waals surface area contributed by atoms with Gasteiger partial charge in [0.05, 0.1) is 5.56 Å². The van der Waals surface area contributed by atoms with Crippen LogP contribution in [-0.2, 0) is 0 Å². The third-order valence-corrected chi connectivity index (χ3v) is 1.98. The fourth-order valence-electron chi connectivity index (χ4n) is 1.19. The van der Waals surface area contributed by atoms with Gasteiger partial charge in [-0.2, -0.15) is 0 Å². The Balaban J connectivity index is 2.12. The highest BCUT2D eigenvalue weighted by Gasteiger charge is 2.07. The van der Waals surface area contributed by atoms with Crippen LogP contribution in [0.25, 0.3) is 0 Å². The minimum Gasteiger partial charge on any atom is -0.423 e. The molecule has 0 atom stereocenters. The lowest BCUT2D eigenvalue weighted by molar-refractivity contribution is 0.0734. The molecule has 0 aliphatic rings. The summed E-state index contributed by atoms with van der Waals surface area (Å²) in [5, 5.41) is 0. The summed E-state index contributed by atoms with van der Waals surface area (Å²) in [7, 11) is 0. The topological polar surface area (TPSA) is 26.3 Å². The van der Waals surface area contributed by atoms with E-state index in [1.807, 2.05) is 0 Å². The third-order valence-electron chi connectivity index (χ3n) is 1.98. The van der Waals surface area contributed by atoms with Crippen molar-refractivity contribution in [2.75, 3.05) is 0 Å². The standard InChI is InChI=1S/C13H8FO2/c14-11-8-6-10(7-9-11)13(15)16-12-4-2-1-3-5-12/h2-9H. The Morgan fingerprint density at radius 3 is 2.31 bits per heavy atom. The molecule has 2 nitrogen and oxygen atoms in total. The second-order valence-corrected chi connectivity index (χ2v) is 3.13. The molecule has 16 heavy (non-hydrogen) atoms. The van der Waals surface area contributed by atoms with Crippen LogP contribution in [0.3, 0.4) is 0 Å². The average Bonchev–Trinajstić information content (AvgIpc) is 2.31. The van der Waals surface area contributed by atoms with Crippen LogP contribution in [0.4, 0.5) is 4.39 Å². The van der Waals surface area contributed by atoms with Crippen molar-refractivity contribution in [3.8, 4) is 5.75 Å². The van der Waals surface area contributed by atoms with Crippen LogP contribution in [0.5, 0.6) is 5.75 Å². The van der Waals surface area contributed by atoms with Crippen LogP contribution in [0.2, 0.25) is 0 Å². The van der Waals surface area contributed by atoms with Gasteiger partial charge in [-0.25, -0.2) is 9.18 Å². The summed E-state index contributed by atoms with van der Waals surface area (Å²) >= 11 is 0. The predicted molar refractivity (Wildman–Crippen MR) is 56.6 cm³/mol. The Labute approximate surface area is 92.3 Å². The number of benzene rings is 2. The van der Waals surface area contributed by atoms with E-state index >= 15 is 0 Å². The molecule has 0 aliphatic heterocycles. The van der Waals surface area contributed by atoms with Crippen molar-refractivity contribution in [3.05, 3.63) is 66.0 Å². The van der Waals surface area contributed by atoms with Gasteiger partial charge < -0.3 is 4.74 Å². The Kier molecular flexibility index (Phi) is 2.96. The van der Waals surface area contributed by atoms with Gasteiger partial charge in [0.1, 0.15) is 11.6 Å². The smallest absolute Gasteiger partial charge is 0.343 e. The first kappa shape index (κ1) is 10.4. The summed E-state index contributed by atoms with van der Waals surface area (Å²) in [5.41, 5.74) is 0.314. The lowest BCUT2D eigenvalue weighted by Gasteiger charge is -2.03. The van der Waals surface area contributed by atoms with Crippen LogP contribution >= 0.6 is 0 Å². The summed E-state index contributed by atoms with van der Waals surface area (Å²) in [6.07, 6.45) is 0. The first-order valence-corrected chi connectivity index (χ1v) is 4.69. The van der Waals surface area contributed by atoms with Crippen LogP contribution in [-0.4, -0.2) is 5.97 Å². The van der Waals surface area contributed by atoms with Gasteiger partial charge in [-0.1, -0.05) is 12.1 Å². The monoisotopic (exact) mass is 215 g/mol. The number of esters is 1. The van der Waals surface area contributed by atoms with Crippen molar-refractivity contribution >= 4 is 5.97 Å². The van der Waals surface area contributed by atoms with Crippen molar-refractivity contribution in [1.82, 2.24) is 0 Å². The number of carbonyl (C=O) groups is 1. The minimum absolute atomic E-state index is 0.314. The number of ether oxygens (including phenoxy) is 1. The number of hydrogen-bond donors (Lipinski definition) is 0. The Bertz CT molecular complexity index is 477. The molecule has 2 rings (SSSR count). The lowest BCUT2D eigenvalue weighted by Crippen LogP contribution is -2.08. The first-order valence-electron chi connectivity index (χ1n) is 4.69. The number of rotatable bonds is 2. The molecule has 0 fully saturated rings. The van der Waals surface area contributed by atoms with Crippen LogP contribution in [0.15, 0.2) is 48.5 Å². The molecule has 0 amide bonds. The van der Waals surface area contributed by atoms with E-state index in [9.17, 15) is 9.18 Å². The van der Waals surface area contributed by atoms with Crippen molar-refractivity contribution in [1.29, 1.82) is 0 Å². The number of carbonyl (C=O) groups excluding carboxylic acids is 1. The fraction of sp³-hybridized carbons (Fsp3) is 0. The van der Waals surface area contributed by atoms with Gasteiger partial charge in [0.25, 0.3) is 0 Å². The number of hydrogen-bond acceptors (Lipinski definition) is 2. The molecule has 0 N–H and O–H groups in total. The van der Waals surface area contributed by atoms with Crippen molar-refractivity contribution in [2.24, 2.45) is 0 Å². The molecule has 0 spiro atoms. The zero-order valence-corrected chi connectivity index (χ0v) is 8.31. The summed E-state index contributed by atoms with van der Waals surface area (Å²) in [6.45, 7) is 0. The van der Waals surface area contributed by atoms with Gasteiger partial charge in [0.15, 0.2) is 0 Å². The van der Waals surface area contributed by atoms with Gasteiger partial charge in [-0.05, 0) is 42.5 Å². The quantitative estimate of drug-likeness (QED) is 0.568. The SMILES string of the molecule is O=C(Oc1cc[c]cc1)c1ccc(F)cc1. The fourth-order valence-corrected chi connectivity index (χ4v) is 1.19. The van der Waals surface area contributed by atoms with Gasteiger partial charge in [-0.15, -0.1) is 0 Å². The van der Waals surface area contributed by atoms with E-state index in [0.717, 1.165) is 0 Å². The maximum absolute atomic E-state index is 12.6. The first-order chi connectivity index (χ1) is 7.75. The largest absolute Gasteiger partial charge is 0.423 e. The highest BCUT2D eigenvalue weighted by atomic mass is 19.1. The summed E-state index contributed by atoms with van der Waals surface area (Å²) in [6, 6.07) is 14.6. The maximum atomic E-state index is 12.6.